The molecule has 2 aliphatic carbocycles. The molecule has 0 spiro atoms. The van der Waals surface area contributed by atoms with E-state index in [0.717, 1.165) is 25.7 Å². The van der Waals surface area contributed by atoms with Crippen LogP contribution in [-0.4, -0.2) is 3.21 Å². The first kappa shape index (κ1) is 52.8. The van der Waals surface area contributed by atoms with E-state index in [1.807, 2.05) is 12.2 Å². The van der Waals surface area contributed by atoms with E-state index in [0.29, 0.717) is 0 Å². The maximum atomic E-state index is 4.03. The van der Waals surface area contributed by atoms with Crippen molar-refractivity contribution in [2.75, 3.05) is 0 Å². The average Bonchev–Trinajstić information content (AvgIpc) is 3.92. The molecule has 0 fully saturated rings. The van der Waals surface area contributed by atoms with E-state index in [-0.39, 0.29) is 46.5 Å². The molecular weight excluding hydrogens is 895 g/mol. The summed E-state index contributed by atoms with van der Waals surface area (Å²) in [7, 11) is 0. The molecule has 0 radical (unpaired) electrons. The van der Waals surface area contributed by atoms with Crippen LogP contribution in [0.15, 0.2) is 146 Å². The van der Waals surface area contributed by atoms with Crippen molar-refractivity contribution in [3.8, 4) is 33.4 Å². The summed E-state index contributed by atoms with van der Waals surface area (Å²) in [5, 5.41) is 0. The standard InChI is InChI=1S/C41H49.C15H14.C5H5.2ClH.Zr/c1-38(2,3)34-19-15-13-17-28(34)32-22-26-21-27-23-33(29-18-14-16-20-35(29)39(4,5)6)37(41(10,11)12)25-31(27)30(26)24-36(32)40(7,8)9;1-3-8-14(9-4-1)12-7-13-15-10-5-2-6-11-15;1-2-4-5-3-1;;;/h13-20,22,24-25H,21H2,1-12H3;1-6,8-11H,12-13H2;1-3H,4H2;2*1H;/q-1;;-1;;;+2/p-2. The Morgan fingerprint density at radius 3 is 1.39 bits per heavy atom. The number of benzene rings is 6. The van der Waals surface area contributed by atoms with Gasteiger partial charge in [0.05, 0.1) is 0 Å². The molecule has 0 unspecified atom stereocenters. The number of halogens is 2. The van der Waals surface area contributed by atoms with Gasteiger partial charge in [0.2, 0.25) is 0 Å². The molecule has 6 aromatic rings. The van der Waals surface area contributed by atoms with Crippen molar-refractivity contribution in [2.45, 2.75) is 130 Å². The molecule has 0 amide bonds. The van der Waals surface area contributed by atoms with Crippen LogP contribution in [0.2, 0.25) is 0 Å². The number of fused-ring (bicyclic) bond motifs is 3. The van der Waals surface area contributed by atoms with Crippen LogP contribution in [0.25, 0.3) is 33.4 Å². The normalized spacial score (nSPS) is 12.7. The second kappa shape index (κ2) is 22.1. The molecule has 0 N–H and O–H groups in total. The summed E-state index contributed by atoms with van der Waals surface area (Å²) in [5.74, 6) is 0. The molecular formula is C61H68Cl2Zr-2. The van der Waals surface area contributed by atoms with E-state index in [4.69, 9.17) is 0 Å². The number of rotatable bonds is 6. The van der Waals surface area contributed by atoms with E-state index >= 15 is 0 Å². The van der Waals surface area contributed by atoms with Crippen LogP contribution >= 0.6 is 0 Å². The Kier molecular flexibility index (Phi) is 18.2. The summed E-state index contributed by atoms with van der Waals surface area (Å²) in [6.45, 7) is 28.0. The van der Waals surface area contributed by atoms with Gasteiger partial charge in [0.1, 0.15) is 0 Å². The fourth-order valence-corrected chi connectivity index (χ4v) is 9.67. The van der Waals surface area contributed by atoms with Crippen molar-refractivity contribution in [1.29, 1.82) is 0 Å². The molecule has 0 nitrogen and oxygen atoms in total. The number of hydrogen-bond donors (Lipinski definition) is 0. The molecule has 64 heavy (non-hydrogen) atoms. The first-order valence-electron chi connectivity index (χ1n) is 22.5. The molecule has 0 saturated carbocycles. The van der Waals surface area contributed by atoms with Crippen molar-refractivity contribution in [3.63, 3.8) is 0 Å². The zero-order chi connectivity index (χ0) is 44.9. The van der Waals surface area contributed by atoms with Crippen molar-refractivity contribution < 1.29 is 49.0 Å². The van der Waals surface area contributed by atoms with E-state index in [2.05, 4.69) is 229 Å². The predicted molar refractivity (Wildman–Crippen MR) is 266 cm³/mol. The first-order chi connectivity index (χ1) is 29.2. The van der Waals surface area contributed by atoms with Crippen molar-refractivity contribution >= 4 is 3.21 Å². The zero-order valence-electron chi connectivity index (χ0n) is 40.4. The Morgan fingerprint density at radius 2 is 0.938 bits per heavy atom. The summed E-state index contributed by atoms with van der Waals surface area (Å²) in [6, 6.07) is 50.9. The molecule has 8 rings (SSSR count). The number of allylic oxidation sites excluding steroid dienone is 4. The Morgan fingerprint density at radius 1 is 0.484 bits per heavy atom. The molecule has 332 valence electrons. The van der Waals surface area contributed by atoms with Gasteiger partial charge in [0.25, 0.3) is 0 Å². The van der Waals surface area contributed by atoms with Crippen LogP contribution in [-0.2, 0) is 65.2 Å². The van der Waals surface area contributed by atoms with Gasteiger partial charge in [0.15, 0.2) is 0 Å². The SMILES string of the molecule is CC(C)(C)c1cc2c([c-]c1-c1ccccc1C(C)(C)C)Cc1cc(-c3ccccc3C(C)(C)C)c(C(C)(C)C)cc1-2.[C-]1=CC=CC1.[Cl-].[Cl-].[Zr+2]=[C](Cc1ccccc1)Cc1ccccc1. The Balaban J connectivity index is 0.000000321. The van der Waals surface area contributed by atoms with Gasteiger partial charge in [-0.3, -0.25) is 6.08 Å². The fraction of sp³-hybridized carbons (Fsp3) is 0.328. The first-order valence-corrected chi connectivity index (χ1v) is 23.8. The van der Waals surface area contributed by atoms with Gasteiger partial charge in [-0.25, -0.2) is 12.2 Å². The van der Waals surface area contributed by atoms with Gasteiger partial charge in [-0.1, -0.05) is 166 Å². The van der Waals surface area contributed by atoms with Gasteiger partial charge < -0.3 is 24.8 Å². The molecule has 3 heteroatoms. The second-order valence-electron chi connectivity index (χ2n) is 21.2. The summed E-state index contributed by atoms with van der Waals surface area (Å²) in [4.78, 5) is 0. The third-order valence-corrected chi connectivity index (χ3v) is 12.7. The molecule has 0 bridgehead atoms. The van der Waals surface area contributed by atoms with Gasteiger partial charge in [-0.2, -0.15) is 6.08 Å². The van der Waals surface area contributed by atoms with Crippen LogP contribution in [0, 0.1) is 12.1 Å². The second-order valence-corrected chi connectivity index (χ2v) is 22.9. The van der Waals surface area contributed by atoms with Crippen LogP contribution < -0.4 is 24.8 Å². The third kappa shape index (κ3) is 13.4. The van der Waals surface area contributed by atoms with Gasteiger partial charge in [-0.15, -0.1) is 35.2 Å². The summed E-state index contributed by atoms with van der Waals surface area (Å²) in [6.07, 6.45) is 13.2. The van der Waals surface area contributed by atoms with Crippen molar-refractivity contribution in [2.24, 2.45) is 0 Å². The minimum absolute atomic E-state index is 0. The average molecular weight is 963 g/mol. The molecule has 6 aromatic carbocycles. The summed E-state index contributed by atoms with van der Waals surface area (Å²) < 4.78 is 1.60. The molecule has 0 aromatic heterocycles. The number of hydrogen-bond acceptors (Lipinski definition) is 0. The fourth-order valence-electron chi connectivity index (χ4n) is 8.66. The Bertz CT molecular complexity index is 2370. The van der Waals surface area contributed by atoms with Gasteiger partial charge in [0, 0.05) is 0 Å². The summed E-state index contributed by atoms with van der Waals surface area (Å²) in [5.41, 5.74) is 19.4. The van der Waals surface area contributed by atoms with Crippen LogP contribution in [0.4, 0.5) is 0 Å². The topological polar surface area (TPSA) is 0 Å². The summed E-state index contributed by atoms with van der Waals surface area (Å²) >= 11 is 1.55. The van der Waals surface area contributed by atoms with Crippen LogP contribution in [0.1, 0.15) is 134 Å². The zero-order valence-corrected chi connectivity index (χ0v) is 44.4. The van der Waals surface area contributed by atoms with Crippen LogP contribution in [0.5, 0.6) is 0 Å². The van der Waals surface area contributed by atoms with Gasteiger partial charge in [-0.05, 0) is 55.9 Å². The van der Waals surface area contributed by atoms with Crippen molar-refractivity contribution in [3.05, 3.63) is 202 Å². The molecule has 0 atom stereocenters. The monoisotopic (exact) mass is 960 g/mol. The predicted octanol–water partition coefficient (Wildman–Crippen LogP) is 10.1. The molecule has 2 aliphatic rings. The van der Waals surface area contributed by atoms with Crippen molar-refractivity contribution in [1.82, 2.24) is 0 Å². The maximum absolute atomic E-state index is 4.03. The van der Waals surface area contributed by atoms with E-state index in [1.165, 1.54) is 77.9 Å². The van der Waals surface area contributed by atoms with E-state index in [1.54, 1.807) is 27.4 Å². The Hall–Kier alpha value is -3.87. The quantitative estimate of drug-likeness (QED) is 0.146. The minimum atomic E-state index is -0.00689. The van der Waals surface area contributed by atoms with Gasteiger partial charge >= 0.3 is 112 Å². The Labute approximate surface area is 415 Å². The molecule has 0 saturated heterocycles. The third-order valence-electron chi connectivity index (χ3n) is 11.8. The molecule has 0 heterocycles. The van der Waals surface area contributed by atoms with Crippen LogP contribution in [0.3, 0.4) is 0 Å². The van der Waals surface area contributed by atoms with E-state index < -0.39 is 0 Å². The molecule has 0 aliphatic heterocycles. The van der Waals surface area contributed by atoms with E-state index in [9.17, 15) is 0 Å².